The minimum absolute atomic E-state index is 0.287. The van der Waals surface area contributed by atoms with Crippen LogP contribution in [-0.2, 0) is 4.79 Å². The maximum absolute atomic E-state index is 11.0. The van der Waals surface area contributed by atoms with Crippen LogP contribution in [0.5, 0.6) is 0 Å². The second kappa shape index (κ2) is 7.76. The van der Waals surface area contributed by atoms with Gasteiger partial charge in [0.1, 0.15) is 6.10 Å². The van der Waals surface area contributed by atoms with E-state index in [-0.39, 0.29) is 5.91 Å². The number of aliphatic hydroxyl groups excluding tert-OH is 1. The monoisotopic (exact) mass is 202 g/mol. The van der Waals surface area contributed by atoms with Gasteiger partial charge in [0.2, 0.25) is 5.91 Å². The third-order valence-electron chi connectivity index (χ3n) is 2.22. The molecule has 0 aromatic rings. The summed E-state index contributed by atoms with van der Waals surface area (Å²) in [6.45, 7) is 9.44. The van der Waals surface area contributed by atoms with E-state index in [2.05, 4.69) is 24.1 Å². The van der Waals surface area contributed by atoms with Gasteiger partial charge < -0.3 is 15.3 Å². The molecule has 0 radical (unpaired) electrons. The van der Waals surface area contributed by atoms with Gasteiger partial charge in [-0.25, -0.2) is 0 Å². The van der Waals surface area contributed by atoms with Crippen molar-refractivity contribution in [3.05, 3.63) is 0 Å². The Labute approximate surface area is 86.3 Å². The molecule has 0 aromatic heterocycles. The SMILES string of the molecule is CCN(CC)CCCNC(=O)C(C)O. The zero-order chi connectivity index (χ0) is 11.0. The van der Waals surface area contributed by atoms with E-state index in [0.29, 0.717) is 6.54 Å². The van der Waals surface area contributed by atoms with E-state index in [1.54, 1.807) is 0 Å². The minimum Gasteiger partial charge on any atom is -0.384 e. The fourth-order valence-corrected chi connectivity index (χ4v) is 1.20. The Morgan fingerprint density at radius 2 is 2.00 bits per heavy atom. The Morgan fingerprint density at radius 1 is 1.43 bits per heavy atom. The summed E-state index contributed by atoms with van der Waals surface area (Å²) in [5, 5.41) is 11.6. The molecule has 0 spiro atoms. The maximum Gasteiger partial charge on any atom is 0.248 e. The molecule has 0 aliphatic carbocycles. The predicted molar refractivity (Wildman–Crippen MR) is 57.1 cm³/mol. The average Bonchev–Trinajstić information content (AvgIpc) is 2.17. The highest BCUT2D eigenvalue weighted by atomic mass is 16.3. The first kappa shape index (κ1) is 13.4. The van der Waals surface area contributed by atoms with Gasteiger partial charge in [-0.1, -0.05) is 13.8 Å². The van der Waals surface area contributed by atoms with Crippen LogP contribution in [0.4, 0.5) is 0 Å². The van der Waals surface area contributed by atoms with E-state index in [1.807, 2.05) is 0 Å². The highest BCUT2D eigenvalue weighted by Crippen LogP contribution is 1.89. The number of hydrogen-bond acceptors (Lipinski definition) is 3. The molecule has 14 heavy (non-hydrogen) atoms. The van der Waals surface area contributed by atoms with Crippen molar-refractivity contribution in [3.63, 3.8) is 0 Å². The third kappa shape index (κ3) is 5.94. The number of carbonyl (C=O) groups is 1. The van der Waals surface area contributed by atoms with Crippen molar-refractivity contribution < 1.29 is 9.90 Å². The van der Waals surface area contributed by atoms with Crippen LogP contribution in [0.2, 0.25) is 0 Å². The molecule has 2 N–H and O–H groups in total. The molecule has 0 aromatic carbocycles. The van der Waals surface area contributed by atoms with Gasteiger partial charge in [0.15, 0.2) is 0 Å². The standard InChI is InChI=1S/C10H22N2O2/c1-4-12(5-2)8-6-7-11-10(14)9(3)13/h9,13H,4-8H2,1-3H3,(H,11,14). The van der Waals surface area contributed by atoms with E-state index in [9.17, 15) is 4.79 Å². The maximum atomic E-state index is 11.0. The summed E-state index contributed by atoms with van der Waals surface area (Å²) in [5.74, 6) is -0.287. The summed E-state index contributed by atoms with van der Waals surface area (Å²) in [6, 6.07) is 0. The highest BCUT2D eigenvalue weighted by molar-refractivity contribution is 5.79. The van der Waals surface area contributed by atoms with E-state index < -0.39 is 6.10 Å². The molecule has 4 nitrogen and oxygen atoms in total. The molecular formula is C10H22N2O2. The van der Waals surface area contributed by atoms with Crippen LogP contribution >= 0.6 is 0 Å². The first-order valence-corrected chi connectivity index (χ1v) is 5.29. The van der Waals surface area contributed by atoms with Crippen LogP contribution in [0.25, 0.3) is 0 Å². The molecule has 84 valence electrons. The largest absolute Gasteiger partial charge is 0.384 e. The fourth-order valence-electron chi connectivity index (χ4n) is 1.20. The van der Waals surface area contributed by atoms with Crippen molar-refractivity contribution in [1.29, 1.82) is 0 Å². The van der Waals surface area contributed by atoms with E-state index in [1.165, 1.54) is 6.92 Å². The number of amides is 1. The molecule has 4 heteroatoms. The minimum atomic E-state index is -0.900. The normalized spacial score (nSPS) is 12.9. The van der Waals surface area contributed by atoms with Crippen LogP contribution in [-0.4, -0.2) is 48.2 Å². The molecule has 0 saturated heterocycles. The smallest absolute Gasteiger partial charge is 0.248 e. The first-order valence-electron chi connectivity index (χ1n) is 5.29. The lowest BCUT2D eigenvalue weighted by Crippen LogP contribution is -2.35. The summed E-state index contributed by atoms with van der Waals surface area (Å²) in [6.07, 6.45) is 0.0311. The summed E-state index contributed by atoms with van der Waals surface area (Å²) >= 11 is 0. The van der Waals surface area contributed by atoms with E-state index in [4.69, 9.17) is 5.11 Å². The predicted octanol–water partition coefficient (Wildman–Crippen LogP) is 0.215. The molecule has 0 bridgehead atoms. The lowest BCUT2D eigenvalue weighted by Gasteiger charge is -2.17. The van der Waals surface area contributed by atoms with Crippen molar-refractivity contribution in [2.45, 2.75) is 33.3 Å². The number of rotatable bonds is 7. The molecule has 0 aliphatic rings. The van der Waals surface area contributed by atoms with Crippen molar-refractivity contribution in [1.82, 2.24) is 10.2 Å². The number of nitrogens with one attached hydrogen (secondary N) is 1. The number of carbonyl (C=O) groups excluding carboxylic acids is 1. The van der Waals surface area contributed by atoms with Crippen molar-refractivity contribution in [2.24, 2.45) is 0 Å². The molecule has 0 rings (SSSR count). The van der Waals surface area contributed by atoms with E-state index in [0.717, 1.165) is 26.1 Å². The van der Waals surface area contributed by atoms with Gasteiger partial charge >= 0.3 is 0 Å². The molecule has 1 unspecified atom stereocenters. The van der Waals surface area contributed by atoms with Crippen LogP contribution < -0.4 is 5.32 Å². The lowest BCUT2D eigenvalue weighted by atomic mass is 10.3. The van der Waals surface area contributed by atoms with Gasteiger partial charge in [0, 0.05) is 6.54 Å². The average molecular weight is 202 g/mol. The van der Waals surface area contributed by atoms with Gasteiger partial charge in [-0.15, -0.1) is 0 Å². The Hall–Kier alpha value is -0.610. The van der Waals surface area contributed by atoms with Crippen molar-refractivity contribution >= 4 is 5.91 Å². The molecule has 0 heterocycles. The van der Waals surface area contributed by atoms with Gasteiger partial charge in [0.05, 0.1) is 0 Å². The summed E-state index contributed by atoms with van der Waals surface area (Å²) < 4.78 is 0. The van der Waals surface area contributed by atoms with E-state index >= 15 is 0 Å². The lowest BCUT2D eigenvalue weighted by molar-refractivity contribution is -0.128. The zero-order valence-corrected chi connectivity index (χ0v) is 9.42. The highest BCUT2D eigenvalue weighted by Gasteiger charge is 2.06. The van der Waals surface area contributed by atoms with Crippen molar-refractivity contribution in [2.75, 3.05) is 26.2 Å². The first-order chi connectivity index (χ1) is 6.61. The van der Waals surface area contributed by atoms with Gasteiger partial charge in [-0.3, -0.25) is 4.79 Å². The van der Waals surface area contributed by atoms with Crippen LogP contribution in [0, 0.1) is 0 Å². The van der Waals surface area contributed by atoms with Gasteiger partial charge in [-0.05, 0) is 33.0 Å². The van der Waals surface area contributed by atoms with Crippen LogP contribution in [0.15, 0.2) is 0 Å². The second-order valence-electron chi connectivity index (χ2n) is 3.35. The third-order valence-corrected chi connectivity index (χ3v) is 2.22. The molecule has 0 aliphatic heterocycles. The summed E-state index contributed by atoms with van der Waals surface area (Å²) in [4.78, 5) is 13.3. The summed E-state index contributed by atoms with van der Waals surface area (Å²) in [7, 11) is 0. The Morgan fingerprint density at radius 3 is 2.43 bits per heavy atom. The molecule has 1 atom stereocenters. The van der Waals surface area contributed by atoms with Gasteiger partial charge in [-0.2, -0.15) is 0 Å². The number of aliphatic hydroxyl groups is 1. The molecular weight excluding hydrogens is 180 g/mol. The second-order valence-corrected chi connectivity index (χ2v) is 3.35. The number of hydrogen-bond donors (Lipinski definition) is 2. The molecule has 1 amide bonds. The zero-order valence-electron chi connectivity index (χ0n) is 9.42. The fraction of sp³-hybridized carbons (Fsp3) is 0.900. The van der Waals surface area contributed by atoms with Gasteiger partial charge in [0.25, 0.3) is 0 Å². The quantitative estimate of drug-likeness (QED) is 0.580. The molecule has 0 saturated carbocycles. The van der Waals surface area contributed by atoms with Crippen LogP contribution in [0.3, 0.4) is 0 Å². The number of nitrogens with zero attached hydrogens (tertiary/aromatic N) is 1. The Kier molecular flexibility index (Phi) is 7.42. The Bertz CT molecular complexity index is 156. The van der Waals surface area contributed by atoms with Crippen LogP contribution in [0.1, 0.15) is 27.2 Å². The molecule has 0 fully saturated rings. The topological polar surface area (TPSA) is 52.6 Å². The Balaban J connectivity index is 3.41. The van der Waals surface area contributed by atoms with Crippen molar-refractivity contribution in [3.8, 4) is 0 Å². The summed E-state index contributed by atoms with van der Waals surface area (Å²) in [5.41, 5.74) is 0.